The smallest absolute Gasteiger partial charge is 0.338 e. The lowest BCUT2D eigenvalue weighted by Crippen LogP contribution is -2.04. The van der Waals surface area contributed by atoms with E-state index in [0.29, 0.717) is 18.8 Å². The van der Waals surface area contributed by atoms with Crippen LogP contribution >= 0.6 is 0 Å². The number of rotatable bonds is 6. The maximum absolute atomic E-state index is 11.3. The second-order valence-corrected chi connectivity index (χ2v) is 3.17. The molecule has 0 aliphatic rings. The van der Waals surface area contributed by atoms with Gasteiger partial charge in [-0.3, -0.25) is 0 Å². The second-order valence-electron chi connectivity index (χ2n) is 3.17. The predicted molar refractivity (Wildman–Crippen MR) is 62.7 cm³/mol. The highest BCUT2D eigenvalue weighted by atomic mass is 16.5. The minimum atomic E-state index is -0.305. The van der Waals surface area contributed by atoms with E-state index in [4.69, 9.17) is 9.47 Å². The van der Waals surface area contributed by atoms with Gasteiger partial charge in [0.15, 0.2) is 0 Å². The summed E-state index contributed by atoms with van der Waals surface area (Å²) in [6.07, 6.45) is 2.60. The van der Waals surface area contributed by atoms with Crippen LogP contribution in [0.4, 0.5) is 0 Å². The Labute approximate surface area is 95.7 Å². The number of carbonyl (C=O) groups is 1. The quantitative estimate of drug-likeness (QED) is 0.420. The van der Waals surface area contributed by atoms with Crippen molar-refractivity contribution in [3.05, 3.63) is 42.5 Å². The molecule has 0 N–H and O–H groups in total. The third-order valence-corrected chi connectivity index (χ3v) is 1.96. The van der Waals surface area contributed by atoms with E-state index in [0.717, 1.165) is 12.2 Å². The highest BCUT2D eigenvalue weighted by molar-refractivity contribution is 5.89. The third-order valence-electron chi connectivity index (χ3n) is 1.96. The summed E-state index contributed by atoms with van der Waals surface area (Å²) in [4.78, 5) is 11.3. The van der Waals surface area contributed by atoms with Crippen molar-refractivity contribution in [1.29, 1.82) is 0 Å². The Morgan fingerprint density at radius 2 is 2.06 bits per heavy atom. The van der Waals surface area contributed by atoms with Gasteiger partial charge in [0.2, 0.25) is 0 Å². The van der Waals surface area contributed by atoms with E-state index >= 15 is 0 Å². The normalized spacial score (nSPS) is 9.56. The Hall–Kier alpha value is -1.77. The van der Waals surface area contributed by atoms with Crippen molar-refractivity contribution in [2.75, 3.05) is 13.2 Å². The molecule has 0 spiro atoms. The zero-order valence-electron chi connectivity index (χ0n) is 9.44. The van der Waals surface area contributed by atoms with Crippen molar-refractivity contribution in [2.24, 2.45) is 0 Å². The lowest BCUT2D eigenvalue weighted by atomic mass is 10.2. The molecule has 0 radical (unpaired) electrons. The van der Waals surface area contributed by atoms with E-state index < -0.39 is 0 Å². The number of hydrogen-bond donors (Lipinski definition) is 0. The van der Waals surface area contributed by atoms with Crippen LogP contribution in [0.3, 0.4) is 0 Å². The minimum Gasteiger partial charge on any atom is -0.493 e. The van der Waals surface area contributed by atoms with Crippen molar-refractivity contribution >= 4 is 5.97 Å². The Morgan fingerprint density at radius 3 is 2.62 bits per heavy atom. The first-order valence-corrected chi connectivity index (χ1v) is 5.28. The molecule has 0 amide bonds. The fraction of sp³-hybridized carbons (Fsp3) is 0.308. The van der Waals surface area contributed by atoms with Gasteiger partial charge in [0.25, 0.3) is 0 Å². The topological polar surface area (TPSA) is 35.5 Å². The van der Waals surface area contributed by atoms with E-state index in [2.05, 4.69) is 6.58 Å². The van der Waals surface area contributed by atoms with Gasteiger partial charge < -0.3 is 9.47 Å². The summed E-state index contributed by atoms with van der Waals surface area (Å²) in [5.41, 5.74) is 0.540. The molecule has 0 bridgehead atoms. The van der Waals surface area contributed by atoms with Gasteiger partial charge in [-0.05, 0) is 37.6 Å². The molecule has 86 valence electrons. The summed E-state index contributed by atoms with van der Waals surface area (Å²) in [6, 6.07) is 6.91. The van der Waals surface area contributed by atoms with Crippen molar-refractivity contribution in [3.63, 3.8) is 0 Å². The van der Waals surface area contributed by atoms with Gasteiger partial charge in [-0.2, -0.15) is 0 Å². The van der Waals surface area contributed by atoms with Gasteiger partial charge in [-0.1, -0.05) is 6.08 Å². The molecule has 0 aliphatic heterocycles. The van der Waals surface area contributed by atoms with Crippen LogP contribution in [0.2, 0.25) is 0 Å². The number of benzene rings is 1. The summed E-state index contributed by atoms with van der Waals surface area (Å²) in [5, 5.41) is 0. The van der Waals surface area contributed by atoms with Crippen LogP contribution in [0.25, 0.3) is 0 Å². The molecule has 0 saturated carbocycles. The van der Waals surface area contributed by atoms with E-state index in [1.165, 1.54) is 0 Å². The molecule has 3 nitrogen and oxygen atoms in total. The second kappa shape index (κ2) is 6.67. The minimum absolute atomic E-state index is 0.305. The van der Waals surface area contributed by atoms with Crippen LogP contribution in [0.1, 0.15) is 23.7 Å². The molecule has 0 saturated heterocycles. The standard InChI is InChI=1S/C13H16O3/c1-3-5-10-16-12-8-6-11(7-9-12)13(14)15-4-2/h3,6-9H,1,4-5,10H2,2H3. The van der Waals surface area contributed by atoms with Crippen LogP contribution in [-0.4, -0.2) is 19.2 Å². The number of hydrogen-bond acceptors (Lipinski definition) is 3. The molecule has 0 aliphatic carbocycles. The summed E-state index contributed by atoms with van der Waals surface area (Å²) in [6.45, 7) is 6.38. The van der Waals surface area contributed by atoms with Crippen LogP contribution in [-0.2, 0) is 4.74 Å². The Balaban J connectivity index is 2.53. The molecular formula is C13H16O3. The predicted octanol–water partition coefficient (Wildman–Crippen LogP) is 2.82. The maximum Gasteiger partial charge on any atom is 0.338 e. The summed E-state index contributed by atoms with van der Waals surface area (Å²) in [7, 11) is 0. The van der Waals surface area contributed by atoms with Crippen LogP contribution in [0.15, 0.2) is 36.9 Å². The van der Waals surface area contributed by atoms with Crippen LogP contribution in [0.5, 0.6) is 5.75 Å². The fourth-order valence-corrected chi connectivity index (χ4v) is 1.16. The van der Waals surface area contributed by atoms with Gasteiger partial charge in [0.1, 0.15) is 5.75 Å². The van der Waals surface area contributed by atoms with Crippen LogP contribution in [0, 0.1) is 0 Å². The average molecular weight is 220 g/mol. The molecule has 1 aromatic carbocycles. The van der Waals surface area contributed by atoms with Crippen molar-refractivity contribution in [2.45, 2.75) is 13.3 Å². The summed E-state index contributed by atoms with van der Waals surface area (Å²) < 4.78 is 10.3. The van der Waals surface area contributed by atoms with E-state index in [1.54, 1.807) is 37.3 Å². The number of esters is 1. The van der Waals surface area contributed by atoms with Crippen LogP contribution < -0.4 is 4.74 Å². The number of ether oxygens (including phenoxy) is 2. The molecule has 0 aromatic heterocycles. The fourth-order valence-electron chi connectivity index (χ4n) is 1.16. The first kappa shape index (κ1) is 12.3. The first-order chi connectivity index (χ1) is 7.77. The monoisotopic (exact) mass is 220 g/mol. The SMILES string of the molecule is C=CCCOc1ccc(C(=O)OCC)cc1. The van der Waals surface area contributed by atoms with Crippen molar-refractivity contribution in [1.82, 2.24) is 0 Å². The maximum atomic E-state index is 11.3. The Kier molecular flexibility index (Phi) is 5.12. The molecule has 1 aromatic rings. The van der Waals surface area contributed by atoms with E-state index in [9.17, 15) is 4.79 Å². The molecule has 0 fully saturated rings. The lowest BCUT2D eigenvalue weighted by molar-refractivity contribution is 0.0526. The molecule has 0 unspecified atom stereocenters. The van der Waals surface area contributed by atoms with E-state index in [-0.39, 0.29) is 5.97 Å². The molecule has 0 heterocycles. The van der Waals surface area contributed by atoms with Gasteiger partial charge >= 0.3 is 5.97 Å². The molecule has 3 heteroatoms. The Morgan fingerprint density at radius 1 is 1.38 bits per heavy atom. The highest BCUT2D eigenvalue weighted by Crippen LogP contribution is 2.13. The molecule has 0 atom stereocenters. The van der Waals surface area contributed by atoms with E-state index in [1.807, 2.05) is 0 Å². The summed E-state index contributed by atoms with van der Waals surface area (Å²) in [5.74, 6) is 0.440. The number of carbonyl (C=O) groups excluding carboxylic acids is 1. The first-order valence-electron chi connectivity index (χ1n) is 5.28. The third kappa shape index (κ3) is 3.77. The van der Waals surface area contributed by atoms with Gasteiger partial charge in [-0.15, -0.1) is 6.58 Å². The zero-order valence-corrected chi connectivity index (χ0v) is 9.44. The molecule has 16 heavy (non-hydrogen) atoms. The average Bonchev–Trinajstić information content (AvgIpc) is 2.30. The van der Waals surface area contributed by atoms with Crippen molar-refractivity contribution < 1.29 is 14.3 Å². The zero-order chi connectivity index (χ0) is 11.8. The Bertz CT molecular complexity index is 341. The largest absolute Gasteiger partial charge is 0.493 e. The molecule has 1 rings (SSSR count). The van der Waals surface area contributed by atoms with Gasteiger partial charge in [0, 0.05) is 0 Å². The highest BCUT2D eigenvalue weighted by Gasteiger charge is 2.05. The van der Waals surface area contributed by atoms with Gasteiger partial charge in [-0.25, -0.2) is 4.79 Å². The van der Waals surface area contributed by atoms with Crippen molar-refractivity contribution in [3.8, 4) is 5.75 Å². The lowest BCUT2D eigenvalue weighted by Gasteiger charge is -2.05. The van der Waals surface area contributed by atoms with Gasteiger partial charge in [0.05, 0.1) is 18.8 Å². The summed E-state index contributed by atoms with van der Waals surface area (Å²) >= 11 is 0. The molecular weight excluding hydrogens is 204 g/mol.